The Kier molecular flexibility index (Phi) is 3.16. The number of hydrogen-bond donors (Lipinski definition) is 6. The van der Waals surface area contributed by atoms with Gasteiger partial charge in [0.15, 0.2) is 11.9 Å². The molecule has 14 heavy (non-hydrogen) atoms. The lowest BCUT2D eigenvalue weighted by atomic mass is 9.89. The van der Waals surface area contributed by atoms with Crippen molar-refractivity contribution in [3.8, 4) is 0 Å². The molecular weight excluding hydrogens is 180 g/mol. The van der Waals surface area contributed by atoms with E-state index in [1.165, 1.54) is 6.42 Å². The fourth-order valence-corrected chi connectivity index (χ4v) is 1.95. The Labute approximate surface area is 83.4 Å². The van der Waals surface area contributed by atoms with Gasteiger partial charge in [0.2, 0.25) is 0 Å². The lowest BCUT2D eigenvalue weighted by Crippen LogP contribution is -2.63. The molecule has 1 aliphatic rings. The van der Waals surface area contributed by atoms with Crippen LogP contribution in [0.4, 0.5) is 0 Å². The van der Waals surface area contributed by atoms with Gasteiger partial charge in [0.25, 0.3) is 0 Å². The van der Waals surface area contributed by atoms with Crippen LogP contribution in [0.5, 0.6) is 0 Å². The second-order valence-electron chi connectivity index (χ2n) is 3.72. The van der Waals surface area contributed by atoms with E-state index >= 15 is 0 Å². The number of hydrogen-bond acceptors (Lipinski definition) is 2. The summed E-state index contributed by atoms with van der Waals surface area (Å²) in [7, 11) is 0. The minimum Gasteiger partial charge on any atom is -0.370 e. The molecule has 80 valence electrons. The highest BCUT2D eigenvalue weighted by Gasteiger charge is 2.32. The highest BCUT2D eigenvalue weighted by molar-refractivity contribution is 5.78. The maximum Gasteiger partial charge on any atom is 0.187 e. The topological polar surface area (TPSA) is 124 Å². The van der Waals surface area contributed by atoms with E-state index in [1.807, 2.05) is 0 Å². The molecule has 1 rings (SSSR count). The van der Waals surface area contributed by atoms with Crippen molar-refractivity contribution < 1.29 is 0 Å². The number of nitrogens with one attached hydrogen (secondary N) is 4. The van der Waals surface area contributed by atoms with Gasteiger partial charge in [0.05, 0.1) is 0 Å². The summed E-state index contributed by atoms with van der Waals surface area (Å²) >= 11 is 0. The summed E-state index contributed by atoms with van der Waals surface area (Å²) in [5.41, 5.74) is 10.1. The second-order valence-corrected chi connectivity index (χ2v) is 3.72. The summed E-state index contributed by atoms with van der Waals surface area (Å²) in [4.78, 5) is 0. The van der Waals surface area contributed by atoms with Gasteiger partial charge in [-0.15, -0.1) is 0 Å². The minimum atomic E-state index is -0.476. The van der Waals surface area contributed by atoms with Crippen molar-refractivity contribution in [2.24, 2.45) is 11.5 Å². The van der Waals surface area contributed by atoms with Gasteiger partial charge in [0.1, 0.15) is 5.66 Å². The van der Waals surface area contributed by atoms with Crippen molar-refractivity contribution in [1.82, 2.24) is 10.6 Å². The van der Waals surface area contributed by atoms with Crippen LogP contribution in [0, 0.1) is 10.8 Å². The van der Waals surface area contributed by atoms with Crippen molar-refractivity contribution in [1.29, 1.82) is 10.8 Å². The molecule has 8 N–H and O–H groups in total. The molecule has 0 aliphatic heterocycles. The number of guanidine groups is 2. The van der Waals surface area contributed by atoms with E-state index in [-0.39, 0.29) is 11.9 Å². The first-order valence-electron chi connectivity index (χ1n) is 4.78. The SMILES string of the molecule is N=C(N)NC1(NC(=N)N)CCCCC1. The standard InChI is InChI=1S/C8H18N6/c9-6(10)13-8(14-7(11)12)4-2-1-3-5-8/h1-5H2,(H4,9,10,13)(H4,11,12,14). The first-order chi connectivity index (χ1) is 6.54. The third-order valence-electron chi connectivity index (χ3n) is 2.45. The summed E-state index contributed by atoms with van der Waals surface area (Å²) in [5.74, 6) is -0.165. The monoisotopic (exact) mass is 198 g/mol. The van der Waals surface area contributed by atoms with Crippen LogP contribution < -0.4 is 22.1 Å². The lowest BCUT2D eigenvalue weighted by Gasteiger charge is -2.39. The van der Waals surface area contributed by atoms with E-state index in [0.717, 1.165) is 25.7 Å². The molecule has 0 bridgehead atoms. The van der Waals surface area contributed by atoms with Crippen LogP contribution in [0.3, 0.4) is 0 Å². The van der Waals surface area contributed by atoms with Crippen LogP contribution in [0.15, 0.2) is 0 Å². The minimum absolute atomic E-state index is 0.0827. The molecule has 1 saturated carbocycles. The molecule has 0 spiro atoms. The van der Waals surface area contributed by atoms with Crippen LogP contribution >= 0.6 is 0 Å². The van der Waals surface area contributed by atoms with E-state index in [0.29, 0.717) is 0 Å². The van der Waals surface area contributed by atoms with Gasteiger partial charge < -0.3 is 22.1 Å². The maximum absolute atomic E-state index is 7.22. The van der Waals surface area contributed by atoms with Gasteiger partial charge in [-0.2, -0.15) is 0 Å². The molecule has 0 unspecified atom stereocenters. The van der Waals surface area contributed by atoms with Crippen LogP contribution in [0.1, 0.15) is 32.1 Å². The van der Waals surface area contributed by atoms with Crippen LogP contribution in [-0.2, 0) is 0 Å². The first kappa shape index (κ1) is 10.6. The summed E-state index contributed by atoms with van der Waals surface area (Å²) in [6.07, 6.45) is 4.97. The zero-order valence-electron chi connectivity index (χ0n) is 8.19. The zero-order valence-corrected chi connectivity index (χ0v) is 8.19. The van der Waals surface area contributed by atoms with Gasteiger partial charge in [-0.3, -0.25) is 10.8 Å². The van der Waals surface area contributed by atoms with Crippen LogP contribution in [0.25, 0.3) is 0 Å². The molecule has 0 aromatic rings. The highest BCUT2D eigenvalue weighted by Crippen LogP contribution is 2.25. The van der Waals surface area contributed by atoms with Crippen molar-refractivity contribution in [2.45, 2.75) is 37.8 Å². The van der Waals surface area contributed by atoms with Gasteiger partial charge in [-0.25, -0.2) is 0 Å². The van der Waals surface area contributed by atoms with E-state index in [4.69, 9.17) is 22.3 Å². The number of rotatable bonds is 2. The molecule has 0 aromatic heterocycles. The molecule has 0 saturated heterocycles. The third-order valence-corrected chi connectivity index (χ3v) is 2.45. The van der Waals surface area contributed by atoms with E-state index in [1.54, 1.807) is 0 Å². The second kappa shape index (κ2) is 4.17. The number of nitrogens with two attached hydrogens (primary N) is 2. The fourth-order valence-electron chi connectivity index (χ4n) is 1.95. The van der Waals surface area contributed by atoms with E-state index in [9.17, 15) is 0 Å². The highest BCUT2D eigenvalue weighted by atomic mass is 15.3. The summed E-state index contributed by atoms with van der Waals surface area (Å²) < 4.78 is 0. The molecule has 0 aromatic carbocycles. The average Bonchev–Trinajstić information content (AvgIpc) is 2.01. The zero-order chi connectivity index (χ0) is 10.6. The Balaban J connectivity index is 2.66. The van der Waals surface area contributed by atoms with Crippen molar-refractivity contribution in [3.05, 3.63) is 0 Å². The molecule has 6 nitrogen and oxygen atoms in total. The smallest absolute Gasteiger partial charge is 0.187 e. The summed E-state index contributed by atoms with van der Waals surface area (Å²) in [6, 6.07) is 0. The van der Waals surface area contributed by atoms with Gasteiger partial charge in [-0.1, -0.05) is 6.42 Å². The normalized spacial score (nSPS) is 19.7. The lowest BCUT2D eigenvalue weighted by molar-refractivity contribution is 0.241. The van der Waals surface area contributed by atoms with Crippen molar-refractivity contribution in [2.75, 3.05) is 0 Å². The summed E-state index contributed by atoms with van der Waals surface area (Å²) in [6.45, 7) is 0. The molecule has 0 amide bonds. The fraction of sp³-hybridized carbons (Fsp3) is 0.750. The maximum atomic E-state index is 7.22. The van der Waals surface area contributed by atoms with Crippen molar-refractivity contribution in [3.63, 3.8) is 0 Å². The van der Waals surface area contributed by atoms with E-state index < -0.39 is 5.66 Å². The predicted molar refractivity (Wildman–Crippen MR) is 55.9 cm³/mol. The van der Waals surface area contributed by atoms with Crippen molar-refractivity contribution >= 4 is 11.9 Å². The first-order valence-corrected chi connectivity index (χ1v) is 4.78. The van der Waals surface area contributed by atoms with Gasteiger partial charge in [-0.05, 0) is 25.7 Å². The largest absolute Gasteiger partial charge is 0.370 e. The van der Waals surface area contributed by atoms with Crippen LogP contribution in [-0.4, -0.2) is 17.6 Å². The predicted octanol–water partition coefficient (Wildman–Crippen LogP) is -0.387. The van der Waals surface area contributed by atoms with Gasteiger partial charge >= 0.3 is 0 Å². The quantitative estimate of drug-likeness (QED) is 0.205. The molecule has 0 atom stereocenters. The average molecular weight is 198 g/mol. The molecule has 1 fully saturated rings. The third kappa shape index (κ3) is 2.79. The molecule has 6 heteroatoms. The van der Waals surface area contributed by atoms with Gasteiger partial charge in [0, 0.05) is 0 Å². The Morgan fingerprint density at radius 3 is 1.71 bits per heavy atom. The summed E-state index contributed by atoms with van der Waals surface area (Å²) in [5, 5.41) is 20.1. The Morgan fingerprint density at radius 2 is 1.36 bits per heavy atom. The van der Waals surface area contributed by atoms with E-state index in [2.05, 4.69) is 10.6 Å². The Bertz CT molecular complexity index is 212. The Morgan fingerprint density at radius 1 is 0.929 bits per heavy atom. The molecule has 1 aliphatic carbocycles. The molecule has 0 heterocycles. The molecule has 0 radical (unpaired) electrons. The Hall–Kier alpha value is -1.46. The van der Waals surface area contributed by atoms with Crippen LogP contribution in [0.2, 0.25) is 0 Å². The molecular formula is C8H18N6.